The number of nitrogens with one attached hydrogen (secondary N) is 2. The number of nitriles is 1. The van der Waals surface area contributed by atoms with E-state index in [4.69, 9.17) is 0 Å². The fourth-order valence-corrected chi connectivity index (χ4v) is 3.26. The molecular formula is C25H18N4O2. The zero-order valence-corrected chi connectivity index (χ0v) is 16.5. The van der Waals surface area contributed by atoms with Crippen LogP contribution in [0.3, 0.4) is 0 Å². The zero-order chi connectivity index (χ0) is 21.6. The lowest BCUT2D eigenvalue weighted by Gasteiger charge is -2.06. The molecule has 0 fully saturated rings. The Morgan fingerprint density at radius 3 is 2.13 bits per heavy atom. The van der Waals surface area contributed by atoms with Gasteiger partial charge in [-0.05, 0) is 17.7 Å². The van der Waals surface area contributed by atoms with Crippen molar-refractivity contribution < 1.29 is 9.59 Å². The Morgan fingerprint density at radius 1 is 0.839 bits per heavy atom. The van der Waals surface area contributed by atoms with Gasteiger partial charge in [0, 0.05) is 23.2 Å². The van der Waals surface area contributed by atoms with Crippen molar-refractivity contribution >= 4 is 23.3 Å². The third-order valence-corrected chi connectivity index (χ3v) is 4.80. The van der Waals surface area contributed by atoms with Crippen molar-refractivity contribution in [1.82, 2.24) is 10.6 Å². The van der Waals surface area contributed by atoms with Crippen molar-refractivity contribution in [2.45, 2.75) is 6.54 Å². The highest BCUT2D eigenvalue weighted by Gasteiger charge is 2.27. The molecule has 0 bridgehead atoms. The van der Waals surface area contributed by atoms with Gasteiger partial charge in [0.2, 0.25) is 0 Å². The molecule has 2 amide bonds. The van der Waals surface area contributed by atoms with Crippen LogP contribution >= 0.6 is 0 Å². The van der Waals surface area contributed by atoms with Gasteiger partial charge in [0.25, 0.3) is 11.8 Å². The molecule has 0 unspecified atom stereocenters. The van der Waals surface area contributed by atoms with Gasteiger partial charge in [-0.15, -0.1) is 0 Å². The number of fused-ring (bicyclic) bond motifs is 1. The molecule has 0 radical (unpaired) electrons. The summed E-state index contributed by atoms with van der Waals surface area (Å²) in [5.41, 5.74) is 2.83. The Balaban J connectivity index is 1.64. The standard InChI is InChI=1S/C25H18N4O2/c26-15-21(25(31)27-16-17-9-3-1-4-10-17)22-19-13-7-8-14-20(19)23(28-22)29-24(30)18-11-5-2-6-12-18/h1-14H,16H2,(H,27,31)(H,28,29,30). The van der Waals surface area contributed by atoms with Crippen molar-refractivity contribution in [2.75, 3.05) is 0 Å². The van der Waals surface area contributed by atoms with E-state index >= 15 is 0 Å². The predicted octanol–water partition coefficient (Wildman–Crippen LogP) is 3.43. The maximum Gasteiger partial charge on any atom is 0.264 e. The molecule has 6 nitrogen and oxygen atoms in total. The molecule has 0 aliphatic carbocycles. The normalized spacial score (nSPS) is 13.5. The fourth-order valence-electron chi connectivity index (χ4n) is 3.26. The SMILES string of the molecule is N#CC(C(=O)NCc1ccccc1)=C1N=C(NC(=O)c2ccccc2)c2ccccc21. The highest BCUT2D eigenvalue weighted by molar-refractivity contribution is 6.20. The van der Waals surface area contributed by atoms with E-state index < -0.39 is 5.91 Å². The number of rotatable bonds is 4. The predicted molar refractivity (Wildman–Crippen MR) is 118 cm³/mol. The molecule has 0 saturated heterocycles. The second-order valence-corrected chi connectivity index (χ2v) is 6.83. The number of carbonyl (C=O) groups is 2. The first-order valence-corrected chi connectivity index (χ1v) is 9.68. The summed E-state index contributed by atoms with van der Waals surface area (Å²) in [6.45, 7) is 0.293. The summed E-state index contributed by atoms with van der Waals surface area (Å²) in [7, 11) is 0. The van der Waals surface area contributed by atoms with Crippen LogP contribution in [0.15, 0.2) is 95.5 Å². The van der Waals surface area contributed by atoms with Crippen molar-refractivity contribution in [3.05, 3.63) is 113 Å². The first-order chi connectivity index (χ1) is 15.2. The number of amides is 2. The van der Waals surface area contributed by atoms with Gasteiger partial charge in [0.05, 0.1) is 5.70 Å². The van der Waals surface area contributed by atoms with E-state index in [2.05, 4.69) is 15.6 Å². The molecule has 3 aromatic rings. The smallest absolute Gasteiger partial charge is 0.264 e. The van der Waals surface area contributed by atoms with Gasteiger partial charge in [0.1, 0.15) is 17.5 Å². The van der Waals surface area contributed by atoms with E-state index in [0.717, 1.165) is 5.56 Å². The van der Waals surface area contributed by atoms with E-state index in [-0.39, 0.29) is 17.2 Å². The lowest BCUT2D eigenvalue weighted by Crippen LogP contribution is -2.30. The van der Waals surface area contributed by atoms with Crippen LogP contribution in [-0.4, -0.2) is 17.6 Å². The lowest BCUT2D eigenvalue weighted by molar-refractivity contribution is -0.117. The number of benzene rings is 3. The fraction of sp³-hybridized carbons (Fsp3) is 0.0400. The third kappa shape index (κ3) is 4.26. The maximum absolute atomic E-state index is 12.7. The first-order valence-electron chi connectivity index (χ1n) is 9.68. The summed E-state index contributed by atoms with van der Waals surface area (Å²) >= 11 is 0. The minimum absolute atomic E-state index is 0.104. The second kappa shape index (κ2) is 8.89. The second-order valence-electron chi connectivity index (χ2n) is 6.83. The van der Waals surface area contributed by atoms with E-state index in [9.17, 15) is 14.9 Å². The van der Waals surface area contributed by atoms with E-state index in [1.165, 1.54) is 0 Å². The van der Waals surface area contributed by atoms with Gasteiger partial charge < -0.3 is 10.6 Å². The average Bonchev–Trinajstić information content (AvgIpc) is 3.17. The molecule has 6 heteroatoms. The molecule has 3 aromatic carbocycles. The minimum atomic E-state index is -0.518. The summed E-state index contributed by atoms with van der Waals surface area (Å²) in [6.07, 6.45) is 0. The van der Waals surface area contributed by atoms with Crippen LogP contribution in [0.4, 0.5) is 0 Å². The summed E-state index contributed by atoms with van der Waals surface area (Å²) in [6, 6.07) is 27.4. The summed E-state index contributed by atoms with van der Waals surface area (Å²) in [4.78, 5) is 29.8. The molecule has 2 N–H and O–H groups in total. The van der Waals surface area contributed by atoms with Gasteiger partial charge in [-0.1, -0.05) is 72.8 Å². The number of hydrogen-bond acceptors (Lipinski definition) is 4. The van der Waals surface area contributed by atoms with Gasteiger partial charge in [0.15, 0.2) is 0 Å². The molecule has 4 rings (SSSR count). The summed E-state index contributed by atoms with van der Waals surface area (Å²) in [5, 5.41) is 15.3. The van der Waals surface area contributed by atoms with Crippen LogP contribution in [-0.2, 0) is 11.3 Å². The topological polar surface area (TPSA) is 94.3 Å². The van der Waals surface area contributed by atoms with Crippen LogP contribution in [0, 0.1) is 11.3 Å². The zero-order valence-electron chi connectivity index (χ0n) is 16.5. The molecule has 0 atom stereocenters. The van der Waals surface area contributed by atoms with Crippen LogP contribution in [0.5, 0.6) is 0 Å². The molecule has 0 saturated carbocycles. The Labute approximate surface area is 179 Å². The average molecular weight is 406 g/mol. The number of amidine groups is 1. The highest BCUT2D eigenvalue weighted by Crippen LogP contribution is 2.30. The van der Waals surface area contributed by atoms with Gasteiger partial charge in [-0.3, -0.25) is 9.59 Å². The van der Waals surface area contributed by atoms with Crippen molar-refractivity contribution in [3.63, 3.8) is 0 Å². The summed E-state index contributed by atoms with van der Waals surface area (Å²) < 4.78 is 0. The van der Waals surface area contributed by atoms with Crippen molar-refractivity contribution in [3.8, 4) is 6.07 Å². The molecular weight excluding hydrogens is 388 g/mol. The van der Waals surface area contributed by atoms with Gasteiger partial charge >= 0.3 is 0 Å². The molecule has 150 valence electrons. The van der Waals surface area contributed by atoms with Crippen LogP contribution in [0.2, 0.25) is 0 Å². The first kappa shape index (κ1) is 19.8. The maximum atomic E-state index is 12.7. The van der Waals surface area contributed by atoms with Crippen molar-refractivity contribution in [1.29, 1.82) is 5.26 Å². The van der Waals surface area contributed by atoms with Crippen LogP contribution < -0.4 is 10.6 Å². The van der Waals surface area contributed by atoms with Crippen LogP contribution in [0.1, 0.15) is 27.0 Å². The molecule has 0 aromatic heterocycles. The monoisotopic (exact) mass is 406 g/mol. The number of aliphatic imine (C=N–C) groups is 1. The Kier molecular flexibility index (Phi) is 5.68. The minimum Gasteiger partial charge on any atom is -0.347 e. The largest absolute Gasteiger partial charge is 0.347 e. The van der Waals surface area contributed by atoms with E-state index in [0.29, 0.717) is 29.1 Å². The van der Waals surface area contributed by atoms with Gasteiger partial charge in [-0.25, -0.2) is 4.99 Å². The molecule has 1 aliphatic rings. The van der Waals surface area contributed by atoms with Crippen molar-refractivity contribution in [2.24, 2.45) is 4.99 Å². The quantitative estimate of drug-likeness (QED) is 0.513. The van der Waals surface area contributed by atoms with E-state index in [1.54, 1.807) is 42.5 Å². The van der Waals surface area contributed by atoms with Gasteiger partial charge in [-0.2, -0.15) is 5.26 Å². The Hall–Kier alpha value is -4.50. The van der Waals surface area contributed by atoms with E-state index in [1.807, 2.05) is 48.5 Å². The number of carbonyl (C=O) groups excluding carboxylic acids is 2. The lowest BCUT2D eigenvalue weighted by atomic mass is 10.0. The molecule has 1 aliphatic heterocycles. The highest BCUT2D eigenvalue weighted by atomic mass is 16.2. The number of nitrogens with zero attached hydrogens (tertiary/aromatic N) is 2. The molecule has 1 heterocycles. The molecule has 31 heavy (non-hydrogen) atoms. The Bertz CT molecular complexity index is 1240. The van der Waals surface area contributed by atoms with Crippen LogP contribution in [0.25, 0.3) is 5.70 Å². The third-order valence-electron chi connectivity index (χ3n) is 4.80. The Morgan fingerprint density at radius 2 is 1.45 bits per heavy atom. The summed E-state index contributed by atoms with van der Waals surface area (Å²) in [5.74, 6) is -0.527. The molecule has 0 spiro atoms. The number of hydrogen-bond donors (Lipinski definition) is 2.